The average Bonchev–Trinajstić information content (AvgIpc) is 2.37. The van der Waals surface area contributed by atoms with Crippen LogP contribution in [0.1, 0.15) is 25.3 Å². The Kier molecular flexibility index (Phi) is 3.93. The summed E-state index contributed by atoms with van der Waals surface area (Å²) >= 11 is 0. The molecule has 3 nitrogen and oxygen atoms in total. The number of hydrogen-bond acceptors (Lipinski definition) is 3. The van der Waals surface area contributed by atoms with Crippen LogP contribution in [0.4, 0.5) is 5.69 Å². The van der Waals surface area contributed by atoms with Crippen molar-refractivity contribution in [3.63, 3.8) is 0 Å². The van der Waals surface area contributed by atoms with Gasteiger partial charge in [-0.25, -0.2) is 0 Å². The Balaban J connectivity index is 2.16. The van der Waals surface area contributed by atoms with E-state index in [9.17, 15) is 5.11 Å². The Morgan fingerprint density at radius 3 is 2.78 bits per heavy atom. The van der Waals surface area contributed by atoms with Gasteiger partial charge in [0.15, 0.2) is 0 Å². The van der Waals surface area contributed by atoms with Gasteiger partial charge in [-0.05, 0) is 45.4 Å². The zero-order chi connectivity index (χ0) is 13.2. The molecule has 100 valence electrons. The van der Waals surface area contributed by atoms with Crippen LogP contribution in [0.5, 0.6) is 0 Å². The molecule has 18 heavy (non-hydrogen) atoms. The van der Waals surface area contributed by atoms with E-state index in [2.05, 4.69) is 43.2 Å². The van der Waals surface area contributed by atoms with E-state index in [0.717, 1.165) is 25.1 Å². The molecular formula is C15H24N2O. The zero-order valence-corrected chi connectivity index (χ0v) is 11.6. The van der Waals surface area contributed by atoms with Gasteiger partial charge in [0.25, 0.3) is 0 Å². The van der Waals surface area contributed by atoms with Gasteiger partial charge in [0.05, 0.1) is 12.1 Å². The molecule has 0 spiro atoms. The summed E-state index contributed by atoms with van der Waals surface area (Å²) in [5, 5.41) is 13.4. The van der Waals surface area contributed by atoms with Crippen molar-refractivity contribution in [2.45, 2.75) is 38.3 Å². The topological polar surface area (TPSA) is 35.5 Å². The van der Waals surface area contributed by atoms with E-state index in [1.807, 2.05) is 12.1 Å². The van der Waals surface area contributed by atoms with Gasteiger partial charge in [0.2, 0.25) is 0 Å². The van der Waals surface area contributed by atoms with Gasteiger partial charge in [-0.2, -0.15) is 0 Å². The fraction of sp³-hybridized carbons (Fsp3) is 0.600. The Bertz CT molecular complexity index is 407. The first-order valence-electron chi connectivity index (χ1n) is 6.71. The van der Waals surface area contributed by atoms with Gasteiger partial charge < -0.3 is 15.3 Å². The minimum Gasteiger partial charge on any atom is -0.394 e. The number of nitrogens with one attached hydrogen (secondary N) is 1. The number of aliphatic hydroxyl groups excluding tert-OH is 1. The van der Waals surface area contributed by atoms with E-state index >= 15 is 0 Å². The number of anilines is 1. The number of aliphatic hydroxyl groups is 1. The molecule has 1 fully saturated rings. The number of benzene rings is 1. The Morgan fingerprint density at radius 1 is 1.44 bits per heavy atom. The maximum Gasteiger partial charge on any atom is 0.0662 e. The Labute approximate surface area is 110 Å². The molecule has 2 atom stereocenters. The van der Waals surface area contributed by atoms with Crippen LogP contribution in [-0.2, 0) is 0 Å². The second-order valence-corrected chi connectivity index (χ2v) is 5.66. The van der Waals surface area contributed by atoms with Crippen molar-refractivity contribution < 1.29 is 5.11 Å². The molecule has 0 saturated carbocycles. The number of rotatable bonds is 3. The van der Waals surface area contributed by atoms with E-state index in [1.54, 1.807) is 0 Å². The lowest BCUT2D eigenvalue weighted by atomic mass is 9.84. The summed E-state index contributed by atoms with van der Waals surface area (Å²) in [4.78, 5) is 2.35. The fourth-order valence-corrected chi connectivity index (χ4v) is 2.73. The monoisotopic (exact) mass is 248 g/mol. The lowest BCUT2D eigenvalue weighted by molar-refractivity contribution is 0.0969. The van der Waals surface area contributed by atoms with Crippen LogP contribution < -0.4 is 5.32 Å². The Morgan fingerprint density at radius 2 is 2.17 bits per heavy atom. The molecule has 0 aliphatic carbocycles. The molecular weight excluding hydrogens is 224 g/mol. The minimum absolute atomic E-state index is 0.169. The summed E-state index contributed by atoms with van der Waals surface area (Å²) in [5.74, 6) is 0. The molecule has 1 saturated heterocycles. The maximum atomic E-state index is 9.82. The summed E-state index contributed by atoms with van der Waals surface area (Å²) < 4.78 is 0. The summed E-state index contributed by atoms with van der Waals surface area (Å²) in [7, 11) is 2.15. The highest BCUT2D eigenvalue weighted by atomic mass is 16.3. The molecule has 1 aromatic carbocycles. The van der Waals surface area contributed by atoms with Crippen molar-refractivity contribution >= 4 is 5.69 Å². The molecule has 0 aromatic heterocycles. The molecule has 3 heteroatoms. The first kappa shape index (κ1) is 13.4. The molecule has 0 amide bonds. The number of aryl methyl sites for hydroxylation is 1. The molecule has 1 heterocycles. The zero-order valence-electron chi connectivity index (χ0n) is 11.6. The summed E-state index contributed by atoms with van der Waals surface area (Å²) in [6, 6.07) is 8.78. The lowest BCUT2D eigenvalue weighted by Gasteiger charge is -2.44. The molecule has 1 aromatic rings. The predicted octanol–water partition coefficient (Wildman–Crippen LogP) is 2.25. The van der Waals surface area contributed by atoms with Crippen LogP contribution in [0.15, 0.2) is 24.3 Å². The van der Waals surface area contributed by atoms with Crippen molar-refractivity contribution in [2.24, 2.45) is 0 Å². The average molecular weight is 248 g/mol. The summed E-state index contributed by atoms with van der Waals surface area (Å²) in [6.45, 7) is 5.55. The van der Waals surface area contributed by atoms with Crippen LogP contribution in [0.2, 0.25) is 0 Å². The van der Waals surface area contributed by atoms with Crippen LogP contribution >= 0.6 is 0 Å². The maximum absolute atomic E-state index is 9.82. The highest BCUT2D eigenvalue weighted by Crippen LogP contribution is 2.30. The predicted molar refractivity (Wildman–Crippen MR) is 75.9 cm³/mol. The van der Waals surface area contributed by atoms with Gasteiger partial charge in [-0.15, -0.1) is 0 Å². The number of nitrogens with zero attached hydrogens (tertiary/aromatic N) is 1. The molecule has 2 N–H and O–H groups in total. The van der Waals surface area contributed by atoms with Crippen molar-refractivity contribution in [2.75, 3.05) is 25.5 Å². The SMILES string of the molecule is Cc1ccccc1NC1(CO)CCN(C)C(C)C1. The highest BCUT2D eigenvalue weighted by molar-refractivity contribution is 5.52. The van der Waals surface area contributed by atoms with Gasteiger partial charge in [-0.3, -0.25) is 0 Å². The van der Waals surface area contributed by atoms with Crippen LogP contribution in [-0.4, -0.2) is 41.8 Å². The van der Waals surface area contributed by atoms with Gasteiger partial charge in [-0.1, -0.05) is 18.2 Å². The van der Waals surface area contributed by atoms with Crippen molar-refractivity contribution in [1.29, 1.82) is 0 Å². The lowest BCUT2D eigenvalue weighted by Crippen LogP contribution is -2.54. The number of para-hydroxylation sites is 1. The van der Waals surface area contributed by atoms with Gasteiger partial charge >= 0.3 is 0 Å². The van der Waals surface area contributed by atoms with E-state index in [4.69, 9.17) is 0 Å². The molecule has 1 aliphatic rings. The fourth-order valence-electron chi connectivity index (χ4n) is 2.73. The number of piperidine rings is 1. The highest BCUT2D eigenvalue weighted by Gasteiger charge is 2.36. The van der Waals surface area contributed by atoms with E-state index in [0.29, 0.717) is 6.04 Å². The third-order valence-corrected chi connectivity index (χ3v) is 4.23. The molecule has 0 radical (unpaired) electrons. The molecule has 2 rings (SSSR count). The first-order chi connectivity index (χ1) is 8.56. The first-order valence-corrected chi connectivity index (χ1v) is 6.71. The summed E-state index contributed by atoms with van der Waals surface area (Å²) in [5.41, 5.74) is 2.21. The van der Waals surface area contributed by atoms with Crippen LogP contribution in [0, 0.1) is 6.92 Å². The van der Waals surface area contributed by atoms with E-state index in [-0.39, 0.29) is 12.1 Å². The molecule has 0 bridgehead atoms. The second-order valence-electron chi connectivity index (χ2n) is 5.66. The quantitative estimate of drug-likeness (QED) is 0.861. The van der Waals surface area contributed by atoms with Crippen molar-refractivity contribution in [1.82, 2.24) is 4.90 Å². The van der Waals surface area contributed by atoms with Gasteiger partial charge in [0.1, 0.15) is 0 Å². The minimum atomic E-state index is -0.169. The molecule has 1 aliphatic heterocycles. The second kappa shape index (κ2) is 5.29. The third-order valence-electron chi connectivity index (χ3n) is 4.23. The molecule has 2 unspecified atom stereocenters. The standard InChI is InChI=1S/C15H24N2O/c1-12-6-4-5-7-14(12)16-15(11-18)8-9-17(3)13(2)10-15/h4-7,13,16,18H,8-11H2,1-3H3. The number of likely N-dealkylation sites (tertiary alicyclic amines) is 1. The number of hydrogen-bond donors (Lipinski definition) is 2. The summed E-state index contributed by atoms with van der Waals surface area (Å²) in [6.07, 6.45) is 1.97. The van der Waals surface area contributed by atoms with E-state index < -0.39 is 0 Å². The largest absolute Gasteiger partial charge is 0.394 e. The van der Waals surface area contributed by atoms with Crippen LogP contribution in [0.3, 0.4) is 0 Å². The van der Waals surface area contributed by atoms with Gasteiger partial charge in [0, 0.05) is 18.3 Å². The third kappa shape index (κ3) is 2.68. The van der Waals surface area contributed by atoms with Crippen molar-refractivity contribution in [3.8, 4) is 0 Å². The van der Waals surface area contributed by atoms with Crippen LogP contribution in [0.25, 0.3) is 0 Å². The van der Waals surface area contributed by atoms with E-state index in [1.165, 1.54) is 5.56 Å². The normalized spacial score (nSPS) is 29.2. The smallest absolute Gasteiger partial charge is 0.0662 e. The van der Waals surface area contributed by atoms with Crippen molar-refractivity contribution in [3.05, 3.63) is 29.8 Å². The Hall–Kier alpha value is -1.06.